The molecule has 0 saturated carbocycles. The smallest absolute Gasteiger partial charge is 0.309 e. The van der Waals surface area contributed by atoms with E-state index < -0.39 is 5.97 Å². The molecule has 2 N–H and O–H groups in total. The number of H-pyrrole nitrogens is 1. The van der Waals surface area contributed by atoms with Crippen molar-refractivity contribution in [3.05, 3.63) is 42.5 Å². The van der Waals surface area contributed by atoms with Gasteiger partial charge in [-0.05, 0) is 18.2 Å². The molecule has 3 heterocycles. The van der Waals surface area contributed by atoms with Gasteiger partial charge in [0, 0.05) is 18.0 Å². The van der Waals surface area contributed by atoms with E-state index in [4.69, 9.17) is 5.11 Å². The molecule has 0 saturated heterocycles. The standard InChI is InChI=1S/C12H10N4O2/c17-12(18)5-9-7-16-11(14-9)2-1-10(15-16)8-3-4-13-6-8/h1-4,6-7,13H,5H2,(H,17,18). The van der Waals surface area contributed by atoms with Crippen LogP contribution in [-0.2, 0) is 11.2 Å². The maximum atomic E-state index is 10.6. The van der Waals surface area contributed by atoms with Crippen LogP contribution in [0.1, 0.15) is 5.69 Å². The fourth-order valence-corrected chi connectivity index (χ4v) is 1.81. The summed E-state index contributed by atoms with van der Waals surface area (Å²) in [6.45, 7) is 0. The molecule has 0 unspecified atom stereocenters. The minimum Gasteiger partial charge on any atom is -0.481 e. The van der Waals surface area contributed by atoms with Crippen LogP contribution < -0.4 is 0 Å². The largest absolute Gasteiger partial charge is 0.481 e. The lowest BCUT2D eigenvalue weighted by Gasteiger charge is -1.97. The minimum atomic E-state index is -0.899. The van der Waals surface area contributed by atoms with Gasteiger partial charge in [0.25, 0.3) is 0 Å². The Labute approximate surface area is 102 Å². The highest BCUT2D eigenvalue weighted by Gasteiger charge is 2.08. The van der Waals surface area contributed by atoms with Crippen molar-refractivity contribution in [3.8, 4) is 11.3 Å². The number of hydrogen-bond donors (Lipinski definition) is 2. The average Bonchev–Trinajstić information content (AvgIpc) is 2.94. The number of aliphatic carboxylic acids is 1. The van der Waals surface area contributed by atoms with Crippen molar-refractivity contribution >= 4 is 11.6 Å². The van der Waals surface area contributed by atoms with Crippen LogP contribution in [0.2, 0.25) is 0 Å². The van der Waals surface area contributed by atoms with E-state index in [1.165, 1.54) is 0 Å². The second-order valence-corrected chi connectivity index (χ2v) is 3.92. The average molecular weight is 242 g/mol. The Morgan fingerprint density at radius 3 is 3.00 bits per heavy atom. The first kappa shape index (κ1) is 10.5. The van der Waals surface area contributed by atoms with Crippen molar-refractivity contribution in [3.63, 3.8) is 0 Å². The summed E-state index contributed by atoms with van der Waals surface area (Å²) < 4.78 is 1.60. The fraction of sp³-hybridized carbons (Fsp3) is 0.0833. The molecule has 90 valence electrons. The van der Waals surface area contributed by atoms with Crippen LogP contribution in [-0.4, -0.2) is 30.7 Å². The van der Waals surface area contributed by atoms with E-state index in [0.717, 1.165) is 11.3 Å². The van der Waals surface area contributed by atoms with Gasteiger partial charge < -0.3 is 10.1 Å². The van der Waals surface area contributed by atoms with Crippen molar-refractivity contribution < 1.29 is 9.90 Å². The van der Waals surface area contributed by atoms with E-state index >= 15 is 0 Å². The first-order valence-electron chi connectivity index (χ1n) is 5.42. The Morgan fingerprint density at radius 1 is 1.39 bits per heavy atom. The summed E-state index contributed by atoms with van der Waals surface area (Å²) in [4.78, 5) is 17.8. The van der Waals surface area contributed by atoms with Gasteiger partial charge in [-0.1, -0.05) is 0 Å². The summed E-state index contributed by atoms with van der Waals surface area (Å²) >= 11 is 0. The molecule has 6 nitrogen and oxygen atoms in total. The zero-order chi connectivity index (χ0) is 12.5. The Kier molecular flexibility index (Phi) is 2.33. The maximum Gasteiger partial charge on any atom is 0.309 e. The number of hydrogen-bond acceptors (Lipinski definition) is 3. The number of carboxylic acids is 1. The van der Waals surface area contributed by atoms with Gasteiger partial charge in [0.05, 0.1) is 24.0 Å². The molecule has 6 heteroatoms. The molecule has 3 aromatic rings. The molecule has 0 spiro atoms. The van der Waals surface area contributed by atoms with E-state index in [1.807, 2.05) is 30.6 Å². The molecule has 0 atom stereocenters. The summed E-state index contributed by atoms with van der Waals surface area (Å²) in [5, 5.41) is 13.1. The minimum absolute atomic E-state index is 0.0944. The molecule has 3 aromatic heterocycles. The number of nitrogens with zero attached hydrogens (tertiary/aromatic N) is 3. The van der Waals surface area contributed by atoms with Crippen LogP contribution in [0, 0.1) is 0 Å². The molecule has 3 rings (SSSR count). The Morgan fingerprint density at radius 2 is 2.28 bits per heavy atom. The molecule has 0 fully saturated rings. The summed E-state index contributed by atoms with van der Waals surface area (Å²) in [6, 6.07) is 5.60. The summed E-state index contributed by atoms with van der Waals surface area (Å²) in [5.74, 6) is -0.899. The second-order valence-electron chi connectivity index (χ2n) is 3.92. The zero-order valence-electron chi connectivity index (χ0n) is 9.37. The molecule has 18 heavy (non-hydrogen) atoms. The molecule has 0 aliphatic heterocycles. The lowest BCUT2D eigenvalue weighted by atomic mass is 10.2. The lowest BCUT2D eigenvalue weighted by Crippen LogP contribution is -1.99. The number of imidazole rings is 1. The molecule has 0 aromatic carbocycles. The third-order valence-electron chi connectivity index (χ3n) is 2.60. The predicted molar refractivity (Wildman–Crippen MR) is 64.1 cm³/mol. The number of fused-ring (bicyclic) bond motifs is 1. The third-order valence-corrected chi connectivity index (χ3v) is 2.60. The number of nitrogens with one attached hydrogen (secondary N) is 1. The van der Waals surface area contributed by atoms with Gasteiger partial charge >= 0.3 is 5.97 Å². The van der Waals surface area contributed by atoms with Gasteiger partial charge in [0.2, 0.25) is 0 Å². The summed E-state index contributed by atoms with van der Waals surface area (Å²) in [6.07, 6.45) is 5.22. The van der Waals surface area contributed by atoms with Gasteiger partial charge in [-0.25, -0.2) is 9.50 Å². The van der Waals surface area contributed by atoms with Crippen LogP contribution in [0.25, 0.3) is 16.9 Å². The predicted octanol–water partition coefficient (Wildman–Crippen LogP) is 1.35. The highest BCUT2D eigenvalue weighted by atomic mass is 16.4. The van der Waals surface area contributed by atoms with Crippen LogP contribution in [0.4, 0.5) is 0 Å². The summed E-state index contributed by atoms with van der Waals surface area (Å²) in [7, 11) is 0. The van der Waals surface area contributed by atoms with E-state index in [0.29, 0.717) is 11.3 Å². The molecular weight excluding hydrogens is 232 g/mol. The highest BCUT2D eigenvalue weighted by Crippen LogP contribution is 2.16. The van der Waals surface area contributed by atoms with Gasteiger partial charge in [0.1, 0.15) is 0 Å². The molecule has 0 aliphatic rings. The van der Waals surface area contributed by atoms with E-state index in [-0.39, 0.29) is 6.42 Å². The second kappa shape index (κ2) is 3.99. The van der Waals surface area contributed by atoms with E-state index in [2.05, 4.69) is 15.1 Å². The van der Waals surface area contributed by atoms with E-state index in [1.54, 1.807) is 10.7 Å². The lowest BCUT2D eigenvalue weighted by molar-refractivity contribution is -0.136. The van der Waals surface area contributed by atoms with Gasteiger partial charge in [-0.3, -0.25) is 4.79 Å². The number of rotatable bonds is 3. The maximum absolute atomic E-state index is 10.6. The number of aromatic nitrogens is 4. The monoisotopic (exact) mass is 242 g/mol. The number of aromatic amines is 1. The Bertz CT molecular complexity index is 700. The first-order valence-corrected chi connectivity index (χ1v) is 5.42. The van der Waals surface area contributed by atoms with Gasteiger partial charge in [-0.15, -0.1) is 0 Å². The van der Waals surface area contributed by atoms with Crippen molar-refractivity contribution in [2.45, 2.75) is 6.42 Å². The number of carbonyl (C=O) groups is 1. The van der Waals surface area contributed by atoms with E-state index in [9.17, 15) is 4.79 Å². The first-order chi connectivity index (χ1) is 8.72. The van der Waals surface area contributed by atoms with Crippen molar-refractivity contribution in [2.75, 3.05) is 0 Å². The van der Waals surface area contributed by atoms with Gasteiger partial charge in [-0.2, -0.15) is 5.10 Å². The van der Waals surface area contributed by atoms with Crippen molar-refractivity contribution in [1.29, 1.82) is 0 Å². The molecular formula is C12H10N4O2. The zero-order valence-corrected chi connectivity index (χ0v) is 9.37. The Hall–Kier alpha value is -2.63. The normalized spacial score (nSPS) is 10.9. The van der Waals surface area contributed by atoms with Crippen LogP contribution in [0.15, 0.2) is 36.8 Å². The SMILES string of the molecule is O=C(O)Cc1cn2nc(-c3cc[nH]c3)ccc2n1. The van der Waals surface area contributed by atoms with Crippen LogP contribution >= 0.6 is 0 Å². The quantitative estimate of drug-likeness (QED) is 0.726. The molecule has 0 amide bonds. The Balaban J connectivity index is 2.04. The third kappa shape index (κ3) is 1.84. The number of carboxylic acid groups (broad SMARTS) is 1. The fourth-order valence-electron chi connectivity index (χ4n) is 1.81. The topological polar surface area (TPSA) is 83.3 Å². The summed E-state index contributed by atoms with van der Waals surface area (Å²) in [5.41, 5.74) is 2.93. The van der Waals surface area contributed by atoms with Crippen molar-refractivity contribution in [2.24, 2.45) is 0 Å². The molecule has 0 bridgehead atoms. The van der Waals surface area contributed by atoms with Crippen LogP contribution in [0.5, 0.6) is 0 Å². The molecule has 0 radical (unpaired) electrons. The van der Waals surface area contributed by atoms with Crippen LogP contribution in [0.3, 0.4) is 0 Å². The highest BCUT2D eigenvalue weighted by molar-refractivity contribution is 5.70. The van der Waals surface area contributed by atoms with Crippen molar-refractivity contribution in [1.82, 2.24) is 19.6 Å². The van der Waals surface area contributed by atoms with Gasteiger partial charge in [0.15, 0.2) is 5.65 Å². The molecule has 0 aliphatic carbocycles.